The average molecular weight is 392 g/mol. The monoisotopic (exact) mass is 392 g/mol. The van der Waals surface area contributed by atoms with Crippen LogP contribution >= 0.6 is 0 Å². The lowest BCUT2D eigenvalue weighted by Gasteiger charge is -2.19. The van der Waals surface area contributed by atoms with Crippen molar-refractivity contribution in [1.82, 2.24) is 10.6 Å². The standard InChI is InChI=1S/C19H24N2O7/c1-12(20-17(24)9-8-14-6-4-3-5-7-14)19(27)21-15(10-18(25)26)16(23)11-28-13(2)22/h3-7,12,15H,8-11H2,1-2H3,(H,20,24)(H,21,27)(H,25,26). The predicted molar refractivity (Wildman–Crippen MR) is 98.2 cm³/mol. The highest BCUT2D eigenvalue weighted by Gasteiger charge is 2.26. The van der Waals surface area contributed by atoms with Crippen molar-refractivity contribution in [3.05, 3.63) is 35.9 Å². The van der Waals surface area contributed by atoms with Gasteiger partial charge in [-0.1, -0.05) is 30.3 Å². The summed E-state index contributed by atoms with van der Waals surface area (Å²) in [6, 6.07) is 7.02. The van der Waals surface area contributed by atoms with E-state index in [1.54, 1.807) is 0 Å². The maximum atomic E-state index is 12.2. The van der Waals surface area contributed by atoms with Gasteiger partial charge in [0.05, 0.1) is 6.42 Å². The van der Waals surface area contributed by atoms with Crippen LogP contribution in [0, 0.1) is 0 Å². The lowest BCUT2D eigenvalue weighted by Crippen LogP contribution is -2.51. The maximum Gasteiger partial charge on any atom is 0.305 e. The molecule has 28 heavy (non-hydrogen) atoms. The number of carbonyl (C=O) groups excluding carboxylic acids is 4. The summed E-state index contributed by atoms with van der Waals surface area (Å²) in [7, 11) is 0. The van der Waals surface area contributed by atoms with E-state index in [4.69, 9.17) is 5.11 Å². The predicted octanol–water partition coefficient (Wildman–Crippen LogP) is 0.216. The van der Waals surface area contributed by atoms with Crippen molar-refractivity contribution in [2.75, 3.05) is 6.61 Å². The van der Waals surface area contributed by atoms with Gasteiger partial charge in [0.15, 0.2) is 12.4 Å². The summed E-state index contributed by atoms with van der Waals surface area (Å²) in [5, 5.41) is 13.7. The zero-order valence-corrected chi connectivity index (χ0v) is 15.8. The highest BCUT2D eigenvalue weighted by molar-refractivity contribution is 5.95. The highest BCUT2D eigenvalue weighted by atomic mass is 16.5. The summed E-state index contributed by atoms with van der Waals surface area (Å²) < 4.78 is 4.54. The number of amides is 2. The molecule has 0 aliphatic heterocycles. The smallest absolute Gasteiger partial charge is 0.305 e. The number of ether oxygens (including phenoxy) is 1. The number of ketones is 1. The second-order valence-corrected chi connectivity index (χ2v) is 6.18. The Balaban J connectivity index is 2.55. The van der Waals surface area contributed by atoms with Gasteiger partial charge in [0.25, 0.3) is 0 Å². The van der Waals surface area contributed by atoms with Crippen LogP contribution in [0.3, 0.4) is 0 Å². The van der Waals surface area contributed by atoms with Gasteiger partial charge in [0, 0.05) is 13.3 Å². The number of hydrogen-bond donors (Lipinski definition) is 3. The Morgan fingerprint density at radius 3 is 2.29 bits per heavy atom. The number of nitrogens with one attached hydrogen (secondary N) is 2. The van der Waals surface area contributed by atoms with Crippen LogP contribution in [0.5, 0.6) is 0 Å². The van der Waals surface area contributed by atoms with Crippen molar-refractivity contribution in [2.45, 2.75) is 45.2 Å². The fourth-order valence-electron chi connectivity index (χ4n) is 2.27. The molecule has 152 valence electrons. The highest BCUT2D eigenvalue weighted by Crippen LogP contribution is 2.03. The normalized spacial score (nSPS) is 12.4. The van der Waals surface area contributed by atoms with Gasteiger partial charge in [-0.25, -0.2) is 0 Å². The fourth-order valence-corrected chi connectivity index (χ4v) is 2.27. The zero-order valence-electron chi connectivity index (χ0n) is 15.8. The molecule has 0 radical (unpaired) electrons. The quantitative estimate of drug-likeness (QED) is 0.458. The first kappa shape index (κ1) is 22.8. The van der Waals surface area contributed by atoms with Gasteiger partial charge in [-0.3, -0.25) is 24.0 Å². The number of aryl methyl sites for hydroxylation is 1. The first-order chi connectivity index (χ1) is 13.2. The molecule has 1 rings (SSSR count). The van der Waals surface area contributed by atoms with E-state index in [0.29, 0.717) is 6.42 Å². The largest absolute Gasteiger partial charge is 0.481 e. The van der Waals surface area contributed by atoms with E-state index in [1.165, 1.54) is 6.92 Å². The second-order valence-electron chi connectivity index (χ2n) is 6.18. The minimum Gasteiger partial charge on any atom is -0.481 e. The van der Waals surface area contributed by atoms with Crippen LogP contribution in [0.15, 0.2) is 30.3 Å². The van der Waals surface area contributed by atoms with Gasteiger partial charge in [-0.15, -0.1) is 0 Å². The number of carbonyl (C=O) groups is 5. The number of carboxylic acids is 1. The summed E-state index contributed by atoms with van der Waals surface area (Å²) >= 11 is 0. The molecule has 0 saturated heterocycles. The molecule has 2 amide bonds. The molecule has 0 spiro atoms. The number of Topliss-reactive ketones (excluding diaryl/α,β-unsaturated/α-hetero) is 1. The van der Waals surface area contributed by atoms with Crippen LogP contribution in [0.2, 0.25) is 0 Å². The summed E-state index contributed by atoms with van der Waals surface area (Å²) in [6.45, 7) is 1.88. The van der Waals surface area contributed by atoms with Crippen LogP contribution in [0.1, 0.15) is 32.3 Å². The Morgan fingerprint density at radius 2 is 1.71 bits per heavy atom. The van der Waals surface area contributed by atoms with Gasteiger partial charge in [0.1, 0.15) is 12.1 Å². The molecule has 0 heterocycles. The first-order valence-electron chi connectivity index (χ1n) is 8.70. The van der Waals surface area contributed by atoms with Crippen LogP contribution in [0.4, 0.5) is 0 Å². The van der Waals surface area contributed by atoms with Crippen molar-refractivity contribution in [3.63, 3.8) is 0 Å². The minimum absolute atomic E-state index is 0.172. The second kappa shape index (κ2) is 11.5. The Labute approximate surface area is 162 Å². The SMILES string of the molecule is CC(=O)OCC(=O)C(CC(=O)O)NC(=O)C(C)NC(=O)CCc1ccccc1. The van der Waals surface area contributed by atoms with E-state index in [1.807, 2.05) is 30.3 Å². The molecular weight excluding hydrogens is 368 g/mol. The van der Waals surface area contributed by atoms with Gasteiger partial charge >= 0.3 is 11.9 Å². The molecule has 0 aliphatic rings. The van der Waals surface area contributed by atoms with E-state index in [2.05, 4.69) is 15.4 Å². The van der Waals surface area contributed by atoms with Gasteiger partial charge < -0.3 is 20.5 Å². The third-order valence-electron chi connectivity index (χ3n) is 3.76. The average Bonchev–Trinajstić information content (AvgIpc) is 2.64. The molecule has 1 aromatic rings. The van der Waals surface area contributed by atoms with Gasteiger partial charge in [0.2, 0.25) is 11.8 Å². The van der Waals surface area contributed by atoms with E-state index < -0.39 is 48.7 Å². The van der Waals surface area contributed by atoms with Crippen molar-refractivity contribution >= 4 is 29.5 Å². The molecule has 2 unspecified atom stereocenters. The molecule has 0 aliphatic carbocycles. The molecule has 1 aromatic carbocycles. The van der Waals surface area contributed by atoms with Gasteiger partial charge in [-0.2, -0.15) is 0 Å². The third kappa shape index (κ3) is 8.93. The molecule has 0 fully saturated rings. The van der Waals surface area contributed by atoms with Crippen molar-refractivity contribution in [3.8, 4) is 0 Å². The molecular formula is C19H24N2O7. The Hall–Kier alpha value is -3.23. The number of rotatable bonds is 11. The topological polar surface area (TPSA) is 139 Å². The summed E-state index contributed by atoms with van der Waals surface area (Å²) in [4.78, 5) is 57.9. The van der Waals surface area contributed by atoms with Crippen molar-refractivity contribution < 1.29 is 33.8 Å². The molecule has 2 atom stereocenters. The first-order valence-corrected chi connectivity index (χ1v) is 8.70. The van der Waals surface area contributed by atoms with E-state index in [-0.39, 0.29) is 12.3 Å². The summed E-state index contributed by atoms with van der Waals surface area (Å²) in [5.41, 5.74) is 0.979. The van der Waals surface area contributed by atoms with Crippen LogP contribution in [-0.4, -0.2) is 53.3 Å². The van der Waals surface area contributed by atoms with E-state index in [9.17, 15) is 24.0 Å². The van der Waals surface area contributed by atoms with Crippen LogP contribution in [-0.2, 0) is 35.1 Å². The molecule has 9 heteroatoms. The van der Waals surface area contributed by atoms with Crippen LogP contribution in [0.25, 0.3) is 0 Å². The molecule has 3 N–H and O–H groups in total. The number of benzene rings is 1. The van der Waals surface area contributed by atoms with E-state index >= 15 is 0 Å². The number of hydrogen-bond acceptors (Lipinski definition) is 6. The van der Waals surface area contributed by atoms with Crippen LogP contribution < -0.4 is 10.6 Å². The number of aliphatic carboxylic acids is 1. The summed E-state index contributed by atoms with van der Waals surface area (Å²) in [5.74, 6) is -3.83. The lowest BCUT2D eigenvalue weighted by atomic mass is 10.1. The molecule has 0 saturated carbocycles. The molecule has 0 bridgehead atoms. The Kier molecular flexibility index (Phi) is 9.35. The van der Waals surface area contributed by atoms with Crippen molar-refractivity contribution in [1.29, 1.82) is 0 Å². The Bertz CT molecular complexity index is 718. The zero-order chi connectivity index (χ0) is 21.1. The molecule has 0 aromatic heterocycles. The fraction of sp³-hybridized carbons (Fsp3) is 0.421. The van der Waals surface area contributed by atoms with Crippen molar-refractivity contribution in [2.24, 2.45) is 0 Å². The summed E-state index contributed by atoms with van der Waals surface area (Å²) in [6.07, 6.45) is 0.00953. The van der Waals surface area contributed by atoms with Gasteiger partial charge in [-0.05, 0) is 18.9 Å². The molecule has 9 nitrogen and oxygen atoms in total. The lowest BCUT2D eigenvalue weighted by molar-refractivity contribution is -0.147. The number of esters is 1. The Morgan fingerprint density at radius 1 is 1.07 bits per heavy atom. The third-order valence-corrected chi connectivity index (χ3v) is 3.76. The number of carboxylic acid groups (broad SMARTS) is 1. The van der Waals surface area contributed by atoms with E-state index in [0.717, 1.165) is 12.5 Å². The minimum atomic E-state index is -1.37. The maximum absolute atomic E-state index is 12.2.